The molecule has 14 heteroatoms. The molecule has 1 saturated heterocycles. The van der Waals surface area contributed by atoms with Gasteiger partial charge in [0.1, 0.15) is 5.52 Å². The van der Waals surface area contributed by atoms with Crippen LogP contribution in [-0.4, -0.2) is 62.1 Å². The van der Waals surface area contributed by atoms with E-state index in [1.165, 1.54) is 0 Å². The van der Waals surface area contributed by atoms with Crippen LogP contribution < -0.4 is 16.0 Å². The number of morpholine rings is 1. The minimum atomic E-state index is -4.70. The normalized spacial score (nSPS) is 13.7. The number of nitrogens with zero attached hydrogens (tertiary/aromatic N) is 7. The van der Waals surface area contributed by atoms with Gasteiger partial charge in [0, 0.05) is 55.3 Å². The van der Waals surface area contributed by atoms with Crippen molar-refractivity contribution < 1.29 is 22.7 Å². The number of benzene rings is 1. The molecule has 1 aliphatic heterocycles. The highest BCUT2D eigenvalue weighted by Gasteiger charge is 2.35. The zero-order chi connectivity index (χ0) is 29.3. The maximum absolute atomic E-state index is 13.4. The van der Waals surface area contributed by atoms with Crippen LogP contribution in [0.2, 0.25) is 0 Å². The number of pyridine rings is 2. The van der Waals surface area contributed by atoms with Crippen LogP contribution in [0, 0.1) is 0 Å². The van der Waals surface area contributed by atoms with Crippen molar-refractivity contribution in [3.63, 3.8) is 0 Å². The highest BCUT2D eigenvalue weighted by Crippen LogP contribution is 2.33. The minimum absolute atomic E-state index is 0.127. The van der Waals surface area contributed by atoms with Gasteiger partial charge in [-0.3, -0.25) is 14.8 Å². The van der Waals surface area contributed by atoms with E-state index >= 15 is 0 Å². The highest BCUT2D eigenvalue weighted by atomic mass is 19.4. The maximum atomic E-state index is 13.4. The molecule has 0 unspecified atom stereocenters. The topological polar surface area (TPSA) is 145 Å². The van der Waals surface area contributed by atoms with E-state index in [2.05, 4.69) is 30.2 Å². The number of carbonyl (C=O) groups excluding carboxylic acids is 1. The lowest BCUT2D eigenvalue weighted by molar-refractivity contribution is -0.138. The summed E-state index contributed by atoms with van der Waals surface area (Å²) in [6.45, 7) is 2.35. The van der Waals surface area contributed by atoms with E-state index in [0.29, 0.717) is 71.4 Å². The second-order valence-corrected chi connectivity index (χ2v) is 9.35. The molecule has 0 radical (unpaired) electrons. The van der Waals surface area contributed by atoms with Crippen molar-refractivity contribution in [3.05, 3.63) is 78.5 Å². The monoisotopic (exact) mass is 573 g/mol. The Kier molecular flexibility index (Phi) is 7.04. The first kappa shape index (κ1) is 27.0. The smallest absolute Gasteiger partial charge is 0.378 e. The van der Waals surface area contributed by atoms with Crippen LogP contribution in [0.3, 0.4) is 0 Å². The first-order valence-corrected chi connectivity index (χ1v) is 12.8. The van der Waals surface area contributed by atoms with Gasteiger partial charge in [0.05, 0.1) is 35.4 Å². The van der Waals surface area contributed by atoms with E-state index in [-0.39, 0.29) is 5.95 Å². The van der Waals surface area contributed by atoms with Gasteiger partial charge in [0.25, 0.3) is 5.91 Å². The fraction of sp³-hybridized carbons (Fsp3) is 0.179. The number of amides is 1. The van der Waals surface area contributed by atoms with E-state index in [1.54, 1.807) is 42.9 Å². The average Bonchev–Trinajstić information content (AvgIpc) is 3.00. The van der Waals surface area contributed by atoms with Gasteiger partial charge in [-0.2, -0.15) is 13.2 Å². The molecule has 212 valence electrons. The molecule has 0 atom stereocenters. The summed E-state index contributed by atoms with van der Waals surface area (Å²) in [4.78, 5) is 40.8. The number of halogens is 3. The predicted molar refractivity (Wildman–Crippen MR) is 148 cm³/mol. The molecule has 1 aliphatic rings. The van der Waals surface area contributed by atoms with Crippen molar-refractivity contribution in [3.8, 4) is 22.5 Å². The van der Waals surface area contributed by atoms with E-state index in [0.717, 1.165) is 18.5 Å². The van der Waals surface area contributed by atoms with E-state index in [1.807, 2.05) is 6.07 Å². The first-order valence-electron chi connectivity index (χ1n) is 12.8. The standard InChI is InChI=1S/C28H22F3N9O2/c29-28(30,31)21-4-5-33-15-20(21)26(41)37-19-3-1-2-16(10-19)17-11-22-23(34-12-17)25(40-6-8-42-9-7-40)39-24(38-22)18-13-35-27(32)36-14-18/h1-5,10-15H,6-9H2,(H,37,41)(H2,32,35,36). The van der Waals surface area contributed by atoms with E-state index in [4.69, 9.17) is 20.4 Å². The molecule has 1 fully saturated rings. The van der Waals surface area contributed by atoms with E-state index < -0.39 is 23.2 Å². The van der Waals surface area contributed by atoms with Crippen LogP contribution in [0.25, 0.3) is 33.5 Å². The molecule has 0 saturated carbocycles. The molecule has 11 nitrogen and oxygen atoms in total. The van der Waals surface area contributed by atoms with Gasteiger partial charge >= 0.3 is 6.18 Å². The van der Waals surface area contributed by atoms with Crippen LogP contribution in [0.5, 0.6) is 0 Å². The van der Waals surface area contributed by atoms with Gasteiger partial charge in [-0.1, -0.05) is 12.1 Å². The molecule has 3 N–H and O–H groups in total. The molecular weight excluding hydrogens is 551 g/mol. The van der Waals surface area contributed by atoms with Crippen molar-refractivity contribution in [1.82, 2.24) is 29.9 Å². The summed E-state index contributed by atoms with van der Waals surface area (Å²) in [6.07, 6.45) is 1.93. The summed E-state index contributed by atoms with van der Waals surface area (Å²) < 4.78 is 45.7. The third kappa shape index (κ3) is 5.51. The molecule has 5 aromatic rings. The minimum Gasteiger partial charge on any atom is -0.378 e. The van der Waals surface area contributed by atoms with Crippen molar-refractivity contribution in [2.75, 3.05) is 42.3 Å². The molecule has 0 bridgehead atoms. The number of nitrogens with one attached hydrogen (secondary N) is 1. The Morgan fingerprint density at radius 3 is 2.45 bits per heavy atom. The number of aromatic nitrogens is 6. The zero-order valence-electron chi connectivity index (χ0n) is 21.8. The second kappa shape index (κ2) is 11.0. The third-order valence-corrected chi connectivity index (χ3v) is 6.58. The van der Waals surface area contributed by atoms with E-state index in [9.17, 15) is 18.0 Å². The lowest BCUT2D eigenvalue weighted by Gasteiger charge is -2.28. The number of anilines is 3. The SMILES string of the molecule is Nc1ncc(-c2nc(N3CCOCC3)c3ncc(-c4cccc(NC(=O)c5cnccc5C(F)(F)F)c4)cc3n2)cn1. The van der Waals surface area contributed by atoms with Gasteiger partial charge in [-0.15, -0.1) is 0 Å². The van der Waals surface area contributed by atoms with Crippen LogP contribution >= 0.6 is 0 Å². The number of nitrogens with two attached hydrogens (primary N) is 1. The number of nitrogen functional groups attached to an aromatic ring is 1. The lowest BCUT2D eigenvalue weighted by atomic mass is 10.1. The Hall–Kier alpha value is -5.24. The Balaban J connectivity index is 1.36. The summed E-state index contributed by atoms with van der Waals surface area (Å²) >= 11 is 0. The van der Waals surface area contributed by atoms with Crippen LogP contribution in [-0.2, 0) is 10.9 Å². The number of hydrogen-bond acceptors (Lipinski definition) is 10. The van der Waals surface area contributed by atoms with Crippen LogP contribution in [0.1, 0.15) is 15.9 Å². The van der Waals surface area contributed by atoms with Crippen LogP contribution in [0.4, 0.5) is 30.6 Å². The average molecular weight is 574 g/mol. The number of alkyl halides is 3. The molecule has 6 rings (SSSR count). The van der Waals surface area contributed by atoms with Crippen molar-refractivity contribution >= 4 is 34.4 Å². The Bertz CT molecular complexity index is 1780. The zero-order valence-corrected chi connectivity index (χ0v) is 21.8. The fourth-order valence-corrected chi connectivity index (χ4v) is 4.54. The highest BCUT2D eigenvalue weighted by molar-refractivity contribution is 6.05. The fourth-order valence-electron chi connectivity index (χ4n) is 4.54. The second-order valence-electron chi connectivity index (χ2n) is 9.35. The molecular formula is C28H22F3N9O2. The summed E-state index contributed by atoms with van der Waals surface area (Å²) in [6, 6.07) is 9.30. The molecule has 0 aliphatic carbocycles. The number of carbonyl (C=O) groups is 1. The summed E-state index contributed by atoms with van der Waals surface area (Å²) in [5.41, 5.74) is 7.35. The number of hydrogen-bond donors (Lipinski definition) is 2. The van der Waals surface area contributed by atoms with Gasteiger partial charge in [-0.25, -0.2) is 19.9 Å². The third-order valence-electron chi connectivity index (χ3n) is 6.58. The number of rotatable bonds is 5. The Morgan fingerprint density at radius 1 is 0.929 bits per heavy atom. The summed E-state index contributed by atoms with van der Waals surface area (Å²) in [7, 11) is 0. The number of fused-ring (bicyclic) bond motifs is 1. The van der Waals surface area contributed by atoms with Crippen molar-refractivity contribution in [2.45, 2.75) is 6.18 Å². The van der Waals surface area contributed by atoms with Crippen molar-refractivity contribution in [2.24, 2.45) is 0 Å². The number of ether oxygens (including phenoxy) is 1. The molecule has 5 heterocycles. The molecule has 4 aromatic heterocycles. The largest absolute Gasteiger partial charge is 0.417 e. The summed E-state index contributed by atoms with van der Waals surface area (Å²) in [5, 5.41) is 2.54. The molecule has 0 spiro atoms. The Labute approximate surface area is 236 Å². The van der Waals surface area contributed by atoms with Gasteiger partial charge < -0.3 is 20.7 Å². The van der Waals surface area contributed by atoms with Crippen LogP contribution in [0.15, 0.2) is 67.4 Å². The first-order chi connectivity index (χ1) is 20.3. The molecule has 1 aromatic carbocycles. The quantitative estimate of drug-likeness (QED) is 0.313. The predicted octanol–water partition coefficient (Wildman–Crippen LogP) is 4.23. The lowest BCUT2D eigenvalue weighted by Crippen LogP contribution is -2.37. The molecule has 42 heavy (non-hydrogen) atoms. The van der Waals surface area contributed by atoms with Crippen molar-refractivity contribution in [1.29, 1.82) is 0 Å². The van der Waals surface area contributed by atoms with Gasteiger partial charge in [0.15, 0.2) is 11.6 Å². The summed E-state index contributed by atoms with van der Waals surface area (Å²) in [5.74, 6) is 0.227. The Morgan fingerprint density at radius 2 is 1.69 bits per heavy atom. The van der Waals surface area contributed by atoms with Gasteiger partial charge in [-0.05, 0) is 29.8 Å². The van der Waals surface area contributed by atoms with Gasteiger partial charge in [0.2, 0.25) is 5.95 Å². The molecule has 1 amide bonds. The maximum Gasteiger partial charge on any atom is 0.417 e.